The fraction of sp³-hybridized carbons (Fsp3) is 0.227. The van der Waals surface area contributed by atoms with Gasteiger partial charge in [0.2, 0.25) is 0 Å². The van der Waals surface area contributed by atoms with Crippen molar-refractivity contribution in [3.8, 4) is 5.69 Å². The molecule has 3 aromatic heterocycles. The summed E-state index contributed by atoms with van der Waals surface area (Å²) in [5.74, 6) is -1.37. The summed E-state index contributed by atoms with van der Waals surface area (Å²) in [5.41, 5.74) is 5.23. The topological polar surface area (TPSA) is 162 Å². The second kappa shape index (κ2) is 9.18. The van der Waals surface area contributed by atoms with E-state index in [0.29, 0.717) is 11.0 Å². The van der Waals surface area contributed by atoms with Crippen molar-refractivity contribution in [3.05, 3.63) is 54.5 Å². The van der Waals surface area contributed by atoms with E-state index in [1.54, 1.807) is 6.07 Å². The van der Waals surface area contributed by atoms with Crippen molar-refractivity contribution < 1.29 is 37.1 Å². The Morgan fingerprint density at radius 1 is 1.24 bits per heavy atom. The highest BCUT2D eigenvalue weighted by Crippen LogP contribution is 2.29. The second-order valence-electron chi connectivity index (χ2n) is 8.01. The smallest absolute Gasteiger partial charge is 0.380 e. The zero-order valence-corrected chi connectivity index (χ0v) is 18.7. The molecule has 1 fully saturated rings. The van der Waals surface area contributed by atoms with E-state index >= 15 is 0 Å². The summed E-state index contributed by atoms with van der Waals surface area (Å²) in [6.45, 7) is 0.0266. The molecule has 5 rings (SSSR count). The van der Waals surface area contributed by atoms with Gasteiger partial charge >= 0.3 is 6.18 Å². The fourth-order valence-corrected chi connectivity index (χ4v) is 3.77. The average molecular weight is 517 g/mol. The highest BCUT2D eigenvalue weighted by molar-refractivity contribution is 6.04. The Balaban J connectivity index is 1.30. The van der Waals surface area contributed by atoms with Crippen LogP contribution in [-0.4, -0.2) is 62.2 Å². The third-order valence-electron chi connectivity index (χ3n) is 5.59. The van der Waals surface area contributed by atoms with Gasteiger partial charge in [0.1, 0.15) is 5.69 Å². The van der Waals surface area contributed by atoms with E-state index in [2.05, 4.69) is 20.6 Å². The number of aromatic nitrogens is 4. The van der Waals surface area contributed by atoms with Crippen LogP contribution < -0.4 is 16.0 Å². The number of carbonyl (C=O) groups excluding carboxylic acids is 2. The van der Waals surface area contributed by atoms with Gasteiger partial charge in [0.25, 0.3) is 11.8 Å². The molecule has 0 aliphatic carbocycles. The molecule has 0 radical (unpaired) electrons. The van der Waals surface area contributed by atoms with E-state index in [4.69, 9.17) is 15.0 Å². The van der Waals surface area contributed by atoms with Crippen LogP contribution in [0, 0.1) is 0 Å². The first-order valence-electron chi connectivity index (χ1n) is 10.8. The van der Waals surface area contributed by atoms with E-state index in [9.17, 15) is 27.9 Å². The molecular formula is C22H18F3N7O5. The highest BCUT2D eigenvalue weighted by atomic mass is 19.4. The number of benzene rings is 1. The maximum absolute atomic E-state index is 13.0. The van der Waals surface area contributed by atoms with Gasteiger partial charge < -0.3 is 25.4 Å². The Bertz CT molecular complexity index is 1480. The molecule has 1 aliphatic rings. The van der Waals surface area contributed by atoms with Crippen LogP contribution in [0.2, 0.25) is 0 Å². The van der Waals surface area contributed by atoms with Crippen LogP contribution in [0.5, 0.6) is 0 Å². The van der Waals surface area contributed by atoms with Gasteiger partial charge in [-0.1, -0.05) is 5.16 Å². The molecule has 0 saturated carbocycles. The van der Waals surface area contributed by atoms with E-state index < -0.39 is 35.9 Å². The number of nitrogens with two attached hydrogens (primary N) is 1. The monoisotopic (exact) mass is 517 g/mol. The normalized spacial score (nSPS) is 17.2. The van der Waals surface area contributed by atoms with Gasteiger partial charge in [0.15, 0.2) is 29.4 Å². The number of rotatable bonds is 5. The Hall–Kier alpha value is -4.50. The number of hydrogen-bond acceptors (Lipinski definition) is 9. The third kappa shape index (κ3) is 4.68. The molecule has 1 aliphatic heterocycles. The van der Waals surface area contributed by atoms with Crippen molar-refractivity contribution in [3.63, 3.8) is 0 Å². The van der Waals surface area contributed by atoms with E-state index in [0.717, 1.165) is 16.9 Å². The lowest BCUT2D eigenvalue weighted by Gasteiger charge is -2.32. The number of fused-ring (bicyclic) bond motifs is 1. The lowest BCUT2D eigenvalue weighted by atomic mass is 10.1. The van der Waals surface area contributed by atoms with Crippen LogP contribution in [0.3, 0.4) is 0 Å². The molecule has 192 valence electrons. The number of nitrogens with zero attached hydrogens (tertiary/aromatic N) is 5. The van der Waals surface area contributed by atoms with Gasteiger partial charge in [-0.3, -0.25) is 19.5 Å². The number of amides is 2. The number of ether oxygens (including phenoxy) is 1. The molecule has 4 aromatic rings. The van der Waals surface area contributed by atoms with E-state index in [1.807, 2.05) is 0 Å². The van der Waals surface area contributed by atoms with Crippen LogP contribution >= 0.6 is 0 Å². The predicted octanol–water partition coefficient (Wildman–Crippen LogP) is 1.74. The van der Waals surface area contributed by atoms with Crippen LogP contribution in [0.1, 0.15) is 5.69 Å². The number of nitrogens with one attached hydrogen (secondary N) is 1. The van der Waals surface area contributed by atoms with Crippen LogP contribution in [0.15, 0.2) is 53.3 Å². The summed E-state index contributed by atoms with van der Waals surface area (Å²) in [6.07, 6.45) is -5.68. The van der Waals surface area contributed by atoms with Crippen molar-refractivity contribution in [1.82, 2.24) is 19.9 Å². The molecule has 37 heavy (non-hydrogen) atoms. The molecule has 2 amide bonds. The molecule has 4 N–H and O–H groups in total. The number of alkyl halides is 3. The molecule has 2 atom stereocenters. The number of halogens is 3. The Morgan fingerprint density at radius 3 is 2.84 bits per heavy atom. The standard InChI is InChI=1S/C22H18F3N7O5/c23-22(24,25)15-10-12(3-5-27-15)32-6-4-16(29-32)31-7-8-36-18(21(31)35)17(33)20(34)28-11-1-2-13-14(9-11)37-30-19(13)26/h1-6,9-10,17-18,33H,7-8H2,(H2,26,30)(H,28,34). The van der Waals surface area contributed by atoms with Crippen molar-refractivity contribution in [1.29, 1.82) is 0 Å². The first-order chi connectivity index (χ1) is 17.6. The van der Waals surface area contributed by atoms with Gasteiger partial charge in [-0.25, -0.2) is 4.68 Å². The molecule has 0 bridgehead atoms. The SMILES string of the molecule is Nc1noc2cc(NC(=O)C(O)C3OCCN(c4ccn(-c5ccnc(C(F)(F)F)c5)n4)C3=O)ccc12. The van der Waals surface area contributed by atoms with Crippen molar-refractivity contribution >= 4 is 40.1 Å². The van der Waals surface area contributed by atoms with Gasteiger partial charge in [0, 0.05) is 30.2 Å². The fourth-order valence-electron chi connectivity index (χ4n) is 3.77. The number of anilines is 3. The van der Waals surface area contributed by atoms with Crippen molar-refractivity contribution in [2.75, 3.05) is 29.1 Å². The van der Waals surface area contributed by atoms with Crippen molar-refractivity contribution in [2.24, 2.45) is 0 Å². The lowest BCUT2D eigenvalue weighted by Crippen LogP contribution is -2.55. The minimum absolute atomic E-state index is 0.0234. The maximum Gasteiger partial charge on any atom is 0.433 e. The average Bonchev–Trinajstić information content (AvgIpc) is 3.50. The number of hydrogen-bond donors (Lipinski definition) is 3. The number of aliphatic hydroxyl groups is 1. The molecule has 2 unspecified atom stereocenters. The molecule has 4 heterocycles. The summed E-state index contributed by atoms with van der Waals surface area (Å²) in [5, 5.41) is 21.4. The van der Waals surface area contributed by atoms with Crippen LogP contribution in [-0.2, 0) is 20.5 Å². The van der Waals surface area contributed by atoms with Gasteiger partial charge in [0.05, 0.1) is 24.2 Å². The number of aliphatic hydroxyl groups excluding tert-OH is 1. The zero-order chi connectivity index (χ0) is 26.3. The molecule has 0 spiro atoms. The number of carbonyl (C=O) groups is 2. The first kappa shape index (κ1) is 24.2. The number of morpholine rings is 1. The lowest BCUT2D eigenvalue weighted by molar-refractivity contribution is -0.150. The second-order valence-corrected chi connectivity index (χ2v) is 8.01. The maximum atomic E-state index is 13.0. The molecule has 12 nitrogen and oxygen atoms in total. The minimum atomic E-state index is -4.63. The Labute approximate surface area is 205 Å². The van der Waals surface area contributed by atoms with Crippen molar-refractivity contribution in [2.45, 2.75) is 18.4 Å². The van der Waals surface area contributed by atoms with Gasteiger partial charge in [-0.15, -0.1) is 5.10 Å². The number of pyridine rings is 1. The third-order valence-corrected chi connectivity index (χ3v) is 5.59. The molecule has 1 saturated heterocycles. The van der Waals surface area contributed by atoms with E-state index in [-0.39, 0.29) is 36.2 Å². The summed E-state index contributed by atoms with van der Waals surface area (Å²) in [6, 6.07) is 8.11. The summed E-state index contributed by atoms with van der Waals surface area (Å²) in [7, 11) is 0. The Morgan fingerprint density at radius 2 is 2.05 bits per heavy atom. The molecular weight excluding hydrogens is 499 g/mol. The zero-order valence-electron chi connectivity index (χ0n) is 18.7. The predicted molar refractivity (Wildman–Crippen MR) is 122 cm³/mol. The van der Waals surface area contributed by atoms with Crippen LogP contribution in [0.4, 0.5) is 30.5 Å². The summed E-state index contributed by atoms with van der Waals surface area (Å²) in [4.78, 5) is 30.2. The largest absolute Gasteiger partial charge is 0.433 e. The van der Waals surface area contributed by atoms with Gasteiger partial charge in [-0.05, 0) is 24.3 Å². The number of nitrogen functional groups attached to an aromatic ring is 1. The summed E-state index contributed by atoms with van der Waals surface area (Å²) >= 11 is 0. The minimum Gasteiger partial charge on any atom is -0.380 e. The van der Waals surface area contributed by atoms with Gasteiger partial charge in [-0.2, -0.15) is 13.2 Å². The Kier molecular flexibility index (Phi) is 6.01. The molecule has 1 aromatic carbocycles. The quantitative estimate of drug-likeness (QED) is 0.358. The highest BCUT2D eigenvalue weighted by Gasteiger charge is 2.40. The van der Waals surface area contributed by atoms with E-state index in [1.165, 1.54) is 35.4 Å². The van der Waals surface area contributed by atoms with Crippen LogP contribution in [0.25, 0.3) is 16.7 Å². The summed E-state index contributed by atoms with van der Waals surface area (Å²) < 4.78 is 50.5. The first-order valence-corrected chi connectivity index (χ1v) is 10.8. The molecule has 15 heteroatoms.